The first kappa shape index (κ1) is 26.1. The average molecular weight is 560 g/mol. The van der Waals surface area contributed by atoms with Crippen molar-refractivity contribution in [1.82, 2.24) is 19.4 Å². The van der Waals surface area contributed by atoms with E-state index in [4.69, 9.17) is 30.8 Å². The molecule has 10 nitrogen and oxygen atoms in total. The van der Waals surface area contributed by atoms with Crippen LogP contribution in [0.3, 0.4) is 0 Å². The van der Waals surface area contributed by atoms with E-state index >= 15 is 0 Å². The van der Waals surface area contributed by atoms with Crippen molar-refractivity contribution in [3.63, 3.8) is 0 Å². The van der Waals surface area contributed by atoms with Gasteiger partial charge in [-0.25, -0.2) is 9.78 Å². The fraction of sp³-hybridized carbons (Fsp3) is 0.310. The molecule has 4 heterocycles. The SMILES string of the molecule is N#Cc1cc(Cl)ccc1OCc1cc(OC2CN(Cc3nc4ccc(C(=O)O)cc4n3C[C@@H]3CCO3)C2)ccn1. The lowest BCUT2D eigenvalue weighted by atomic mass is 10.1. The number of nitrogens with zero attached hydrogens (tertiary/aromatic N) is 5. The molecule has 0 saturated carbocycles. The van der Waals surface area contributed by atoms with Crippen molar-refractivity contribution < 1.29 is 24.1 Å². The number of aromatic carboxylic acids is 1. The van der Waals surface area contributed by atoms with Crippen LogP contribution >= 0.6 is 11.6 Å². The molecule has 4 aromatic rings. The summed E-state index contributed by atoms with van der Waals surface area (Å²) in [4.78, 5) is 22.9. The lowest BCUT2D eigenvalue weighted by molar-refractivity contribution is -0.0596. The van der Waals surface area contributed by atoms with E-state index < -0.39 is 5.97 Å². The Kier molecular flexibility index (Phi) is 7.26. The summed E-state index contributed by atoms with van der Waals surface area (Å²) in [5.74, 6) is 1.07. The van der Waals surface area contributed by atoms with Gasteiger partial charge in [0.25, 0.3) is 0 Å². The highest BCUT2D eigenvalue weighted by atomic mass is 35.5. The largest absolute Gasteiger partial charge is 0.488 e. The van der Waals surface area contributed by atoms with Gasteiger partial charge in [0.1, 0.15) is 36.1 Å². The van der Waals surface area contributed by atoms with Crippen LogP contribution in [0, 0.1) is 11.3 Å². The smallest absolute Gasteiger partial charge is 0.335 e. The summed E-state index contributed by atoms with van der Waals surface area (Å²) in [5.41, 5.74) is 2.88. The monoisotopic (exact) mass is 559 g/mol. The highest BCUT2D eigenvalue weighted by Crippen LogP contribution is 2.26. The van der Waals surface area contributed by atoms with Crippen molar-refractivity contribution in [2.24, 2.45) is 0 Å². The molecule has 204 valence electrons. The number of hydrogen-bond donors (Lipinski definition) is 1. The fourth-order valence-corrected chi connectivity index (χ4v) is 5.03. The third kappa shape index (κ3) is 5.58. The van der Waals surface area contributed by atoms with Crippen LogP contribution in [0.1, 0.15) is 33.9 Å². The van der Waals surface area contributed by atoms with Gasteiger partial charge in [-0.15, -0.1) is 0 Å². The number of nitriles is 1. The number of halogens is 1. The summed E-state index contributed by atoms with van der Waals surface area (Å²) in [6, 6.07) is 15.7. The maximum atomic E-state index is 11.5. The molecule has 0 bridgehead atoms. The van der Waals surface area contributed by atoms with Crippen molar-refractivity contribution in [3.05, 3.63) is 82.4 Å². The lowest BCUT2D eigenvalue weighted by Gasteiger charge is -2.39. The van der Waals surface area contributed by atoms with Gasteiger partial charge in [0.15, 0.2) is 0 Å². The van der Waals surface area contributed by atoms with E-state index in [0.29, 0.717) is 40.9 Å². The van der Waals surface area contributed by atoms with Gasteiger partial charge in [-0.1, -0.05) is 11.6 Å². The van der Waals surface area contributed by atoms with Gasteiger partial charge >= 0.3 is 5.97 Å². The van der Waals surface area contributed by atoms with E-state index in [1.54, 1.807) is 42.6 Å². The molecular weight excluding hydrogens is 534 g/mol. The van der Waals surface area contributed by atoms with E-state index in [9.17, 15) is 15.2 Å². The normalized spacial score (nSPS) is 17.1. The lowest BCUT2D eigenvalue weighted by Crippen LogP contribution is -2.53. The molecule has 2 fully saturated rings. The van der Waals surface area contributed by atoms with Crippen LogP contribution in [-0.2, 0) is 24.4 Å². The molecule has 0 radical (unpaired) electrons. The Morgan fingerprint density at radius 1 is 1.20 bits per heavy atom. The van der Waals surface area contributed by atoms with Gasteiger partial charge in [0.05, 0.1) is 47.0 Å². The zero-order chi connectivity index (χ0) is 27.6. The molecular formula is C29H26ClN5O5. The number of pyridine rings is 1. The van der Waals surface area contributed by atoms with Crippen LogP contribution in [0.4, 0.5) is 0 Å². The first-order valence-electron chi connectivity index (χ1n) is 13.0. The number of fused-ring (bicyclic) bond motifs is 1. The molecule has 0 amide bonds. The number of carbonyl (C=O) groups is 1. The Bertz CT molecular complexity index is 1610. The second kappa shape index (κ2) is 11.1. The van der Waals surface area contributed by atoms with Crippen LogP contribution in [0.5, 0.6) is 11.5 Å². The topological polar surface area (TPSA) is 123 Å². The number of aromatic nitrogens is 3. The standard InChI is InChI=1S/C29H26ClN5O5/c30-20-2-4-27(19(9-20)12-31)39-17-21-11-22(5-7-32-21)40-24-13-34(14-24)16-28-33-25-3-1-18(29(36)37)10-26(25)35(28)15-23-6-8-38-23/h1-5,7,9-11,23-24H,6,8,13-17H2,(H,36,37)/t23-/m0/s1. The van der Waals surface area contributed by atoms with E-state index in [-0.39, 0.29) is 24.4 Å². The summed E-state index contributed by atoms with van der Waals surface area (Å²) in [5, 5.41) is 19.2. The highest BCUT2D eigenvalue weighted by molar-refractivity contribution is 6.30. The van der Waals surface area contributed by atoms with E-state index in [1.807, 2.05) is 12.1 Å². The Balaban J connectivity index is 1.07. The summed E-state index contributed by atoms with van der Waals surface area (Å²) >= 11 is 5.96. The Morgan fingerprint density at radius 2 is 2.05 bits per heavy atom. The minimum absolute atomic E-state index is 0.0176. The molecule has 1 N–H and O–H groups in total. The van der Waals surface area contributed by atoms with E-state index in [1.165, 1.54) is 0 Å². The second-order valence-electron chi connectivity index (χ2n) is 9.89. The predicted molar refractivity (Wildman–Crippen MR) is 145 cm³/mol. The molecule has 6 rings (SSSR count). The van der Waals surface area contributed by atoms with Crippen molar-refractivity contribution in [1.29, 1.82) is 5.26 Å². The van der Waals surface area contributed by atoms with Crippen molar-refractivity contribution in [2.45, 2.75) is 38.3 Å². The average Bonchev–Trinajstić information content (AvgIpc) is 3.24. The number of imidazole rings is 1. The maximum Gasteiger partial charge on any atom is 0.335 e. The minimum atomic E-state index is -0.957. The summed E-state index contributed by atoms with van der Waals surface area (Å²) in [6.07, 6.45) is 2.79. The highest BCUT2D eigenvalue weighted by Gasteiger charge is 2.31. The summed E-state index contributed by atoms with van der Waals surface area (Å²) in [7, 11) is 0. The molecule has 2 aromatic heterocycles. The van der Waals surface area contributed by atoms with Gasteiger partial charge in [-0.2, -0.15) is 5.26 Å². The Hall–Kier alpha value is -4.17. The quantitative estimate of drug-likeness (QED) is 0.303. The first-order chi connectivity index (χ1) is 19.4. The molecule has 2 aliphatic rings. The molecule has 2 aromatic carbocycles. The number of likely N-dealkylation sites (tertiary alicyclic amines) is 1. The molecule has 40 heavy (non-hydrogen) atoms. The fourth-order valence-electron chi connectivity index (χ4n) is 4.86. The van der Waals surface area contributed by atoms with Crippen LogP contribution in [0.2, 0.25) is 5.02 Å². The predicted octanol–water partition coefficient (Wildman–Crippen LogP) is 4.29. The Morgan fingerprint density at radius 3 is 2.80 bits per heavy atom. The molecule has 1 atom stereocenters. The maximum absolute atomic E-state index is 11.5. The van der Waals surface area contributed by atoms with Crippen LogP contribution < -0.4 is 9.47 Å². The summed E-state index contributed by atoms with van der Waals surface area (Å²) in [6.45, 7) is 3.68. The molecule has 2 saturated heterocycles. The van der Waals surface area contributed by atoms with Crippen LogP contribution in [0.15, 0.2) is 54.7 Å². The molecule has 0 spiro atoms. The van der Waals surface area contributed by atoms with Gasteiger partial charge in [0.2, 0.25) is 0 Å². The van der Waals surface area contributed by atoms with Crippen molar-refractivity contribution >= 4 is 28.6 Å². The van der Waals surface area contributed by atoms with Crippen molar-refractivity contribution in [3.8, 4) is 17.6 Å². The third-order valence-corrected chi connectivity index (χ3v) is 7.31. The number of carboxylic acids is 1. The van der Waals surface area contributed by atoms with Gasteiger partial charge < -0.3 is 23.9 Å². The molecule has 0 unspecified atom stereocenters. The van der Waals surface area contributed by atoms with Gasteiger partial charge in [0, 0.05) is 37.0 Å². The summed E-state index contributed by atoms with van der Waals surface area (Å²) < 4.78 is 19.7. The first-order valence-corrected chi connectivity index (χ1v) is 13.3. The second-order valence-corrected chi connectivity index (χ2v) is 10.3. The number of hydrogen-bond acceptors (Lipinski definition) is 8. The number of carboxylic acid groups (broad SMARTS) is 1. The van der Waals surface area contributed by atoms with Gasteiger partial charge in [-0.05, 0) is 48.9 Å². The number of benzene rings is 2. The number of rotatable bonds is 10. The van der Waals surface area contributed by atoms with E-state index in [2.05, 4.69) is 20.5 Å². The molecule has 0 aliphatic carbocycles. The van der Waals surface area contributed by atoms with Crippen LogP contribution in [0.25, 0.3) is 11.0 Å². The van der Waals surface area contributed by atoms with E-state index in [0.717, 1.165) is 43.0 Å². The minimum Gasteiger partial charge on any atom is -0.488 e. The number of ether oxygens (including phenoxy) is 3. The third-order valence-electron chi connectivity index (χ3n) is 7.07. The van der Waals surface area contributed by atoms with Gasteiger partial charge in [-0.3, -0.25) is 9.88 Å². The van der Waals surface area contributed by atoms with Crippen LogP contribution in [-0.4, -0.2) is 62.4 Å². The Labute approximate surface area is 235 Å². The molecule has 11 heteroatoms. The zero-order valence-corrected chi connectivity index (χ0v) is 22.3. The molecule has 2 aliphatic heterocycles. The van der Waals surface area contributed by atoms with Crippen molar-refractivity contribution in [2.75, 3.05) is 19.7 Å². The zero-order valence-electron chi connectivity index (χ0n) is 21.5.